The Kier molecular flexibility index (Phi) is 5.61. The van der Waals surface area contributed by atoms with E-state index >= 15 is 0 Å². The molecule has 3 nitrogen and oxygen atoms in total. The lowest BCUT2D eigenvalue weighted by Crippen LogP contribution is -2.93. The fraction of sp³-hybridized carbons (Fsp3) is 0.562. The summed E-state index contributed by atoms with van der Waals surface area (Å²) in [6, 6.07) is 6.50. The summed E-state index contributed by atoms with van der Waals surface area (Å²) < 4.78 is 1.07. The zero-order valence-corrected chi connectivity index (χ0v) is 13.9. The van der Waals surface area contributed by atoms with E-state index in [0.717, 1.165) is 21.6 Å². The van der Waals surface area contributed by atoms with Crippen LogP contribution in [0.1, 0.15) is 38.2 Å². The van der Waals surface area contributed by atoms with Crippen molar-refractivity contribution in [3.05, 3.63) is 28.2 Å². The van der Waals surface area contributed by atoms with Crippen LogP contribution in [-0.2, 0) is 4.79 Å². The molecule has 0 heterocycles. The number of nitrogens with two attached hydrogens (primary N) is 1. The maximum atomic E-state index is 12.0. The van der Waals surface area contributed by atoms with Crippen LogP contribution in [0.3, 0.4) is 0 Å². The summed E-state index contributed by atoms with van der Waals surface area (Å²) in [6.07, 6.45) is 5.19. The second kappa shape index (κ2) is 7.23. The van der Waals surface area contributed by atoms with Crippen LogP contribution in [0, 0.1) is 12.8 Å². The summed E-state index contributed by atoms with van der Waals surface area (Å²) in [5.74, 6) is 0.816. The first-order valence-electron chi connectivity index (χ1n) is 7.45. The Labute approximate surface area is 129 Å². The molecule has 3 N–H and O–H groups in total. The van der Waals surface area contributed by atoms with Crippen molar-refractivity contribution in [1.82, 2.24) is 0 Å². The summed E-state index contributed by atoms with van der Waals surface area (Å²) >= 11 is 3.47. The van der Waals surface area contributed by atoms with Gasteiger partial charge in [-0.05, 0) is 49.9 Å². The largest absolute Gasteiger partial charge is 0.336 e. The summed E-state index contributed by atoms with van der Waals surface area (Å²) in [5.41, 5.74) is 2.01. The van der Waals surface area contributed by atoms with Crippen LogP contribution in [0.25, 0.3) is 0 Å². The number of hydrogen-bond acceptors (Lipinski definition) is 1. The van der Waals surface area contributed by atoms with E-state index in [1.807, 2.05) is 25.1 Å². The molecule has 0 radical (unpaired) electrons. The minimum absolute atomic E-state index is 0.0875. The van der Waals surface area contributed by atoms with E-state index in [0.29, 0.717) is 12.6 Å². The van der Waals surface area contributed by atoms with Gasteiger partial charge in [-0.25, -0.2) is 0 Å². The maximum Gasteiger partial charge on any atom is 0.279 e. The normalized spacial score (nSPS) is 22.6. The molecule has 1 saturated carbocycles. The molecule has 0 aromatic heterocycles. The van der Waals surface area contributed by atoms with Gasteiger partial charge in [-0.15, -0.1) is 0 Å². The quantitative estimate of drug-likeness (QED) is 0.870. The van der Waals surface area contributed by atoms with Gasteiger partial charge >= 0.3 is 0 Å². The number of carbonyl (C=O) groups is 1. The van der Waals surface area contributed by atoms with Gasteiger partial charge in [0, 0.05) is 16.1 Å². The average Bonchev–Trinajstić information content (AvgIpc) is 2.42. The number of aryl methyl sites for hydroxylation is 1. The molecule has 0 saturated heterocycles. The molecule has 4 heteroatoms. The highest BCUT2D eigenvalue weighted by Crippen LogP contribution is 2.21. The number of amides is 1. The topological polar surface area (TPSA) is 45.7 Å². The first-order valence-corrected chi connectivity index (χ1v) is 8.25. The Hall–Kier alpha value is -0.870. The van der Waals surface area contributed by atoms with Crippen molar-refractivity contribution in [3.8, 4) is 0 Å². The van der Waals surface area contributed by atoms with Crippen molar-refractivity contribution in [2.24, 2.45) is 5.92 Å². The van der Waals surface area contributed by atoms with Gasteiger partial charge < -0.3 is 10.6 Å². The first kappa shape index (κ1) is 15.5. The molecule has 2 atom stereocenters. The molecule has 1 amide bonds. The third-order valence-corrected chi connectivity index (χ3v) is 5.12. The first-order chi connectivity index (χ1) is 9.56. The smallest absolute Gasteiger partial charge is 0.279 e. The molecule has 0 unspecified atom stereocenters. The van der Waals surface area contributed by atoms with E-state index in [4.69, 9.17) is 0 Å². The van der Waals surface area contributed by atoms with Crippen LogP contribution < -0.4 is 10.6 Å². The summed E-state index contributed by atoms with van der Waals surface area (Å²) in [4.78, 5) is 12.0. The molecule has 20 heavy (non-hydrogen) atoms. The van der Waals surface area contributed by atoms with Gasteiger partial charge in [0.2, 0.25) is 0 Å². The number of anilines is 1. The van der Waals surface area contributed by atoms with E-state index in [1.165, 1.54) is 25.7 Å². The molecule has 1 aliphatic carbocycles. The molecule has 1 aromatic carbocycles. The van der Waals surface area contributed by atoms with Gasteiger partial charge in [0.1, 0.15) is 0 Å². The lowest BCUT2D eigenvalue weighted by Gasteiger charge is -2.26. The molecule has 0 spiro atoms. The van der Waals surface area contributed by atoms with Crippen LogP contribution in [0.2, 0.25) is 0 Å². The Morgan fingerprint density at radius 1 is 1.40 bits per heavy atom. The molecule has 1 aliphatic rings. The number of benzene rings is 1. The Balaban J connectivity index is 1.81. The van der Waals surface area contributed by atoms with Gasteiger partial charge in [-0.1, -0.05) is 29.3 Å². The average molecular weight is 340 g/mol. The zero-order chi connectivity index (χ0) is 14.5. The van der Waals surface area contributed by atoms with E-state index < -0.39 is 0 Å². The lowest BCUT2D eigenvalue weighted by atomic mass is 9.86. The molecule has 110 valence electrons. The van der Waals surface area contributed by atoms with E-state index in [-0.39, 0.29) is 5.91 Å². The molecule has 0 aliphatic heterocycles. The molecule has 0 bridgehead atoms. The number of halogens is 1. The highest BCUT2D eigenvalue weighted by atomic mass is 79.9. The molecular formula is C16H24BrN2O+. The highest BCUT2D eigenvalue weighted by Gasteiger charge is 2.24. The van der Waals surface area contributed by atoms with E-state index in [1.54, 1.807) is 0 Å². The molecule has 1 aromatic rings. The molecular weight excluding hydrogens is 316 g/mol. The number of rotatable bonds is 4. The van der Waals surface area contributed by atoms with Crippen molar-refractivity contribution >= 4 is 27.5 Å². The maximum absolute atomic E-state index is 12.0. The number of hydrogen-bond donors (Lipinski definition) is 2. The van der Waals surface area contributed by atoms with Crippen molar-refractivity contribution in [2.45, 2.75) is 45.6 Å². The van der Waals surface area contributed by atoms with Gasteiger partial charge in [-0.3, -0.25) is 4.79 Å². The Morgan fingerprint density at radius 2 is 2.15 bits per heavy atom. The molecule has 2 rings (SSSR count). The second-order valence-corrected chi connectivity index (χ2v) is 6.73. The SMILES string of the molecule is Cc1cc(NC(=O)C[NH2+][C@H]2CCCC[C@H]2C)ccc1Br. The minimum Gasteiger partial charge on any atom is -0.336 e. The summed E-state index contributed by atoms with van der Waals surface area (Å²) in [7, 11) is 0. The van der Waals surface area contributed by atoms with E-state index in [9.17, 15) is 4.79 Å². The van der Waals surface area contributed by atoms with E-state index in [2.05, 4.69) is 33.5 Å². The zero-order valence-electron chi connectivity index (χ0n) is 12.3. The Bertz CT molecular complexity index is 476. The second-order valence-electron chi connectivity index (χ2n) is 5.88. The number of carbonyl (C=O) groups excluding carboxylic acids is 1. The highest BCUT2D eigenvalue weighted by molar-refractivity contribution is 9.10. The van der Waals surface area contributed by atoms with Gasteiger partial charge in [0.15, 0.2) is 6.54 Å². The third kappa shape index (κ3) is 4.32. The third-order valence-electron chi connectivity index (χ3n) is 4.23. The summed E-state index contributed by atoms with van der Waals surface area (Å²) in [6.45, 7) is 4.84. The van der Waals surface area contributed by atoms with Crippen molar-refractivity contribution < 1.29 is 10.1 Å². The summed E-state index contributed by atoms with van der Waals surface area (Å²) in [5, 5.41) is 5.19. The van der Waals surface area contributed by atoms with Crippen LogP contribution in [0.4, 0.5) is 5.69 Å². The van der Waals surface area contributed by atoms with Gasteiger partial charge in [0.25, 0.3) is 5.91 Å². The predicted octanol–water partition coefficient (Wildman–Crippen LogP) is 2.84. The van der Waals surface area contributed by atoms with Crippen molar-refractivity contribution in [2.75, 3.05) is 11.9 Å². The Morgan fingerprint density at radius 3 is 2.85 bits per heavy atom. The van der Waals surface area contributed by atoms with Crippen LogP contribution in [-0.4, -0.2) is 18.5 Å². The number of nitrogens with one attached hydrogen (secondary N) is 1. The fourth-order valence-corrected chi connectivity index (χ4v) is 3.13. The fourth-order valence-electron chi connectivity index (χ4n) is 2.89. The van der Waals surface area contributed by atoms with Crippen molar-refractivity contribution in [3.63, 3.8) is 0 Å². The van der Waals surface area contributed by atoms with Crippen LogP contribution in [0.5, 0.6) is 0 Å². The van der Waals surface area contributed by atoms with Gasteiger partial charge in [-0.2, -0.15) is 0 Å². The standard InChI is InChI=1S/C16H23BrN2O/c1-11-5-3-4-6-15(11)18-10-16(20)19-13-7-8-14(17)12(2)9-13/h7-9,11,15,18H,3-6,10H2,1-2H3,(H,19,20)/p+1/t11-,15+/m1/s1. The lowest BCUT2D eigenvalue weighted by molar-refractivity contribution is -0.687. The van der Waals surface area contributed by atoms with Crippen LogP contribution in [0.15, 0.2) is 22.7 Å². The minimum atomic E-state index is 0.0875. The monoisotopic (exact) mass is 339 g/mol. The number of quaternary nitrogens is 1. The van der Waals surface area contributed by atoms with Crippen molar-refractivity contribution in [1.29, 1.82) is 0 Å². The van der Waals surface area contributed by atoms with Gasteiger partial charge in [0.05, 0.1) is 6.04 Å². The predicted molar refractivity (Wildman–Crippen MR) is 85.7 cm³/mol. The van der Waals surface area contributed by atoms with Crippen LogP contribution >= 0.6 is 15.9 Å². The molecule has 1 fully saturated rings.